The highest BCUT2D eigenvalue weighted by Gasteiger charge is 2.07. The summed E-state index contributed by atoms with van der Waals surface area (Å²) in [5.74, 6) is 0.997. The van der Waals surface area contributed by atoms with Gasteiger partial charge in [-0.25, -0.2) is 9.67 Å². The molecule has 3 rings (SSSR count). The van der Waals surface area contributed by atoms with Crippen LogP contribution in [0.25, 0.3) is 10.9 Å². The van der Waals surface area contributed by atoms with Crippen LogP contribution in [0.3, 0.4) is 0 Å². The van der Waals surface area contributed by atoms with Crippen molar-refractivity contribution in [2.75, 3.05) is 0 Å². The molecule has 4 nitrogen and oxygen atoms in total. The normalized spacial score (nSPS) is 11.2. The van der Waals surface area contributed by atoms with E-state index in [1.807, 2.05) is 4.68 Å². The van der Waals surface area contributed by atoms with Crippen LogP contribution in [-0.4, -0.2) is 19.3 Å². The quantitative estimate of drug-likeness (QED) is 0.705. The third-order valence-electron chi connectivity index (χ3n) is 3.34. The monoisotopic (exact) mass is 240 g/mol. The van der Waals surface area contributed by atoms with Gasteiger partial charge in [0, 0.05) is 23.6 Å². The number of benzene rings is 1. The minimum atomic E-state index is 0.765. The fourth-order valence-corrected chi connectivity index (χ4v) is 2.34. The number of aryl methyl sites for hydroxylation is 2. The van der Waals surface area contributed by atoms with Crippen molar-refractivity contribution in [2.24, 2.45) is 0 Å². The van der Waals surface area contributed by atoms with Gasteiger partial charge in [-0.1, -0.05) is 12.1 Å². The first-order valence-electron chi connectivity index (χ1n) is 6.20. The van der Waals surface area contributed by atoms with Crippen LogP contribution in [-0.2, 0) is 13.1 Å². The number of rotatable bonds is 3. The molecule has 0 aliphatic carbocycles. The summed E-state index contributed by atoms with van der Waals surface area (Å²) in [6, 6.07) is 8.55. The summed E-state index contributed by atoms with van der Waals surface area (Å²) in [7, 11) is 0. The number of fused-ring (bicyclic) bond motifs is 1. The molecule has 0 atom stereocenters. The van der Waals surface area contributed by atoms with Crippen molar-refractivity contribution >= 4 is 10.9 Å². The van der Waals surface area contributed by atoms with Crippen molar-refractivity contribution in [3.8, 4) is 0 Å². The lowest BCUT2D eigenvalue weighted by molar-refractivity contribution is 0.597. The lowest BCUT2D eigenvalue weighted by atomic mass is 10.1. The molecule has 0 aliphatic rings. The molecule has 1 aromatic carbocycles. The van der Waals surface area contributed by atoms with Gasteiger partial charge in [0.15, 0.2) is 0 Å². The Morgan fingerprint density at radius 1 is 1.22 bits per heavy atom. The van der Waals surface area contributed by atoms with Crippen molar-refractivity contribution in [1.29, 1.82) is 0 Å². The van der Waals surface area contributed by atoms with Crippen molar-refractivity contribution < 1.29 is 0 Å². The number of nitrogens with zero attached hydrogens (tertiary/aromatic N) is 4. The Hall–Kier alpha value is -2.10. The second-order valence-corrected chi connectivity index (χ2v) is 4.44. The Morgan fingerprint density at radius 2 is 2.11 bits per heavy atom. The van der Waals surface area contributed by atoms with E-state index in [-0.39, 0.29) is 0 Å². The smallest absolute Gasteiger partial charge is 0.146 e. The Labute approximate surface area is 106 Å². The van der Waals surface area contributed by atoms with Gasteiger partial charge in [0.25, 0.3) is 0 Å². The topological polar surface area (TPSA) is 35.6 Å². The number of hydrogen-bond donors (Lipinski definition) is 0. The van der Waals surface area contributed by atoms with Crippen molar-refractivity contribution in [2.45, 2.75) is 26.9 Å². The summed E-state index contributed by atoms with van der Waals surface area (Å²) in [4.78, 5) is 4.32. The average Bonchev–Trinajstić information content (AvgIpc) is 2.98. The molecule has 0 spiro atoms. The fraction of sp³-hybridized carbons (Fsp3) is 0.286. The maximum Gasteiger partial charge on any atom is 0.146 e. The summed E-state index contributed by atoms with van der Waals surface area (Å²) in [5, 5.41) is 5.51. The van der Waals surface area contributed by atoms with Crippen LogP contribution in [0.15, 0.2) is 36.8 Å². The summed E-state index contributed by atoms with van der Waals surface area (Å²) < 4.78 is 4.15. The number of hydrogen-bond acceptors (Lipinski definition) is 2. The van der Waals surface area contributed by atoms with Gasteiger partial charge >= 0.3 is 0 Å². The first-order chi connectivity index (χ1) is 8.79. The Bertz CT molecular complexity index is 678. The molecule has 0 radical (unpaired) electrons. The third-order valence-corrected chi connectivity index (χ3v) is 3.34. The summed E-state index contributed by atoms with van der Waals surface area (Å²) in [6.45, 7) is 5.84. The Morgan fingerprint density at radius 3 is 2.94 bits per heavy atom. The Balaban J connectivity index is 2.03. The second kappa shape index (κ2) is 4.29. The highest BCUT2D eigenvalue weighted by atomic mass is 15.3. The van der Waals surface area contributed by atoms with E-state index >= 15 is 0 Å². The van der Waals surface area contributed by atoms with E-state index < -0.39 is 0 Å². The van der Waals surface area contributed by atoms with Gasteiger partial charge in [-0.15, -0.1) is 0 Å². The van der Waals surface area contributed by atoms with Gasteiger partial charge in [0.1, 0.15) is 12.2 Å². The van der Waals surface area contributed by atoms with Gasteiger partial charge in [-0.3, -0.25) is 0 Å². The molecular formula is C14H16N4. The molecule has 0 amide bonds. The molecule has 2 aromatic heterocycles. The summed E-state index contributed by atoms with van der Waals surface area (Å²) in [5.41, 5.74) is 2.56. The van der Waals surface area contributed by atoms with E-state index in [1.54, 1.807) is 6.33 Å². The van der Waals surface area contributed by atoms with Gasteiger partial charge in [0.2, 0.25) is 0 Å². The zero-order chi connectivity index (χ0) is 12.5. The second-order valence-electron chi connectivity index (χ2n) is 4.44. The van der Waals surface area contributed by atoms with Gasteiger partial charge in [-0.2, -0.15) is 5.10 Å². The van der Waals surface area contributed by atoms with E-state index in [4.69, 9.17) is 0 Å². The molecule has 0 saturated heterocycles. The van der Waals surface area contributed by atoms with E-state index in [1.165, 1.54) is 16.5 Å². The van der Waals surface area contributed by atoms with Gasteiger partial charge in [0.05, 0.1) is 6.54 Å². The lowest BCUT2D eigenvalue weighted by Gasteiger charge is -2.06. The number of aromatic nitrogens is 4. The highest BCUT2D eigenvalue weighted by Crippen LogP contribution is 2.20. The minimum Gasteiger partial charge on any atom is -0.340 e. The van der Waals surface area contributed by atoms with Crippen molar-refractivity contribution in [3.05, 3.63) is 48.2 Å². The average molecular weight is 240 g/mol. The van der Waals surface area contributed by atoms with Crippen LogP contribution in [0.4, 0.5) is 0 Å². The summed E-state index contributed by atoms with van der Waals surface area (Å²) in [6.07, 6.45) is 3.74. The first kappa shape index (κ1) is 11.0. The summed E-state index contributed by atoms with van der Waals surface area (Å²) >= 11 is 0. The van der Waals surface area contributed by atoms with Crippen LogP contribution in [0, 0.1) is 6.92 Å². The molecule has 3 aromatic rings. The molecular weight excluding hydrogens is 224 g/mol. The predicted octanol–water partition coefficient (Wildman–Crippen LogP) is 2.61. The maximum absolute atomic E-state index is 4.32. The molecule has 0 saturated carbocycles. The van der Waals surface area contributed by atoms with Crippen molar-refractivity contribution in [3.63, 3.8) is 0 Å². The molecule has 0 N–H and O–H groups in total. The molecule has 2 heterocycles. The van der Waals surface area contributed by atoms with Crippen LogP contribution < -0.4 is 0 Å². The molecule has 0 fully saturated rings. The highest BCUT2D eigenvalue weighted by molar-refractivity contribution is 5.83. The molecule has 4 heteroatoms. The molecule has 0 aliphatic heterocycles. The molecule has 18 heavy (non-hydrogen) atoms. The molecule has 0 bridgehead atoms. The zero-order valence-electron chi connectivity index (χ0n) is 10.7. The minimum absolute atomic E-state index is 0.765. The lowest BCUT2D eigenvalue weighted by Crippen LogP contribution is -2.08. The van der Waals surface area contributed by atoms with E-state index in [9.17, 15) is 0 Å². The fourth-order valence-electron chi connectivity index (χ4n) is 2.34. The van der Waals surface area contributed by atoms with E-state index in [2.05, 4.69) is 59.0 Å². The van der Waals surface area contributed by atoms with E-state index in [0.717, 1.165) is 18.9 Å². The van der Waals surface area contributed by atoms with Crippen LogP contribution in [0.5, 0.6) is 0 Å². The van der Waals surface area contributed by atoms with Crippen molar-refractivity contribution in [1.82, 2.24) is 19.3 Å². The maximum atomic E-state index is 4.32. The van der Waals surface area contributed by atoms with Crippen LogP contribution in [0.1, 0.15) is 18.3 Å². The third kappa shape index (κ3) is 1.70. The Kier molecular flexibility index (Phi) is 2.63. The largest absolute Gasteiger partial charge is 0.340 e. The molecule has 92 valence electrons. The SMILES string of the molecule is CCn1ncnc1Cn1ccc2c(C)cccc21. The van der Waals surface area contributed by atoms with Crippen LogP contribution >= 0.6 is 0 Å². The van der Waals surface area contributed by atoms with Gasteiger partial charge in [-0.05, 0) is 31.5 Å². The van der Waals surface area contributed by atoms with Gasteiger partial charge < -0.3 is 4.57 Å². The predicted molar refractivity (Wildman–Crippen MR) is 71.5 cm³/mol. The van der Waals surface area contributed by atoms with Crippen LogP contribution in [0.2, 0.25) is 0 Å². The first-order valence-corrected chi connectivity index (χ1v) is 6.20. The molecule has 0 unspecified atom stereocenters. The zero-order valence-corrected chi connectivity index (χ0v) is 10.7. The van der Waals surface area contributed by atoms with E-state index in [0.29, 0.717) is 0 Å². The standard InChI is InChI=1S/C14H16N4/c1-3-18-14(15-10-16-18)9-17-8-7-12-11(2)5-4-6-13(12)17/h4-8,10H,3,9H2,1-2H3.